The average molecular weight is 276 g/mol. The zero-order chi connectivity index (χ0) is 14.4. The number of hydrogen-bond donors (Lipinski definition) is 2. The second-order valence-corrected chi connectivity index (χ2v) is 6.07. The summed E-state index contributed by atoms with van der Waals surface area (Å²) in [6, 6.07) is 11.2. The van der Waals surface area contributed by atoms with E-state index in [1.54, 1.807) is 0 Å². The lowest BCUT2D eigenvalue weighted by atomic mass is 10.0. The van der Waals surface area contributed by atoms with E-state index in [0.717, 1.165) is 38.8 Å². The number of aryl methyl sites for hydroxylation is 1. The molecule has 2 N–H and O–H groups in total. The highest BCUT2D eigenvalue weighted by molar-refractivity contribution is 5.14. The summed E-state index contributed by atoms with van der Waals surface area (Å²) in [5, 5.41) is 13.5. The molecule has 1 aromatic carbocycles. The van der Waals surface area contributed by atoms with Crippen LogP contribution in [-0.2, 0) is 6.42 Å². The fourth-order valence-corrected chi connectivity index (χ4v) is 2.99. The Labute approximate surface area is 123 Å². The van der Waals surface area contributed by atoms with Gasteiger partial charge in [-0.25, -0.2) is 0 Å². The maximum absolute atomic E-state index is 9.85. The number of aliphatic hydroxyl groups is 1. The maximum Gasteiger partial charge on any atom is 0.0624 e. The molecule has 1 aromatic rings. The Morgan fingerprint density at radius 3 is 2.75 bits per heavy atom. The van der Waals surface area contributed by atoms with Crippen LogP contribution in [0.3, 0.4) is 0 Å². The van der Waals surface area contributed by atoms with E-state index in [0.29, 0.717) is 12.2 Å². The van der Waals surface area contributed by atoms with E-state index in [9.17, 15) is 5.11 Å². The third kappa shape index (κ3) is 4.58. The van der Waals surface area contributed by atoms with Gasteiger partial charge in [-0.1, -0.05) is 30.3 Å². The quantitative estimate of drug-likeness (QED) is 0.783. The molecule has 0 saturated carbocycles. The normalized spacial score (nSPS) is 24.2. The highest BCUT2D eigenvalue weighted by atomic mass is 16.3. The molecule has 0 aromatic heterocycles. The summed E-state index contributed by atoms with van der Waals surface area (Å²) in [6.07, 6.45) is 4.20. The Morgan fingerprint density at radius 2 is 2.05 bits per heavy atom. The van der Waals surface area contributed by atoms with Gasteiger partial charge in [-0.15, -0.1) is 0 Å². The van der Waals surface area contributed by atoms with Crippen molar-refractivity contribution in [2.75, 3.05) is 13.1 Å². The molecular formula is C17H28N2O. The zero-order valence-corrected chi connectivity index (χ0v) is 12.8. The molecule has 20 heavy (non-hydrogen) atoms. The van der Waals surface area contributed by atoms with Crippen molar-refractivity contribution in [3.63, 3.8) is 0 Å². The van der Waals surface area contributed by atoms with Crippen LogP contribution in [0, 0.1) is 0 Å². The van der Waals surface area contributed by atoms with Crippen LogP contribution in [0.2, 0.25) is 0 Å². The van der Waals surface area contributed by atoms with E-state index < -0.39 is 0 Å². The van der Waals surface area contributed by atoms with Crippen molar-refractivity contribution < 1.29 is 5.11 Å². The van der Waals surface area contributed by atoms with Crippen LogP contribution in [0.1, 0.15) is 38.7 Å². The highest BCUT2D eigenvalue weighted by Gasteiger charge is 2.28. The Hall–Kier alpha value is -0.900. The van der Waals surface area contributed by atoms with Crippen LogP contribution in [0.4, 0.5) is 0 Å². The summed E-state index contributed by atoms with van der Waals surface area (Å²) in [5.74, 6) is 0. The number of likely N-dealkylation sites (tertiary alicyclic amines) is 1. The molecule has 0 amide bonds. The van der Waals surface area contributed by atoms with Crippen molar-refractivity contribution >= 4 is 0 Å². The van der Waals surface area contributed by atoms with E-state index in [4.69, 9.17) is 0 Å². The van der Waals surface area contributed by atoms with Crippen LogP contribution >= 0.6 is 0 Å². The molecule has 112 valence electrons. The second-order valence-electron chi connectivity index (χ2n) is 6.07. The SMILES string of the molecule is CC(C)N1CCC(O)CC1NCCCc1ccccc1. The van der Waals surface area contributed by atoms with Gasteiger partial charge in [0.25, 0.3) is 0 Å². The Bertz CT molecular complexity index is 380. The van der Waals surface area contributed by atoms with Crippen LogP contribution in [0.25, 0.3) is 0 Å². The number of aliphatic hydroxyl groups excluding tert-OH is 1. The van der Waals surface area contributed by atoms with E-state index >= 15 is 0 Å². The monoisotopic (exact) mass is 276 g/mol. The number of nitrogens with one attached hydrogen (secondary N) is 1. The summed E-state index contributed by atoms with van der Waals surface area (Å²) in [5.41, 5.74) is 1.40. The topological polar surface area (TPSA) is 35.5 Å². The van der Waals surface area contributed by atoms with E-state index in [1.165, 1.54) is 5.56 Å². The minimum absolute atomic E-state index is 0.142. The van der Waals surface area contributed by atoms with Crippen LogP contribution in [-0.4, -0.2) is 41.4 Å². The van der Waals surface area contributed by atoms with Gasteiger partial charge in [-0.2, -0.15) is 0 Å². The van der Waals surface area contributed by atoms with Crippen LogP contribution < -0.4 is 5.32 Å². The second kappa shape index (κ2) is 7.77. The minimum Gasteiger partial charge on any atom is -0.393 e. The molecule has 0 spiro atoms. The first-order valence-electron chi connectivity index (χ1n) is 7.88. The summed E-state index contributed by atoms with van der Waals surface area (Å²) in [4.78, 5) is 2.47. The van der Waals surface area contributed by atoms with E-state index in [2.05, 4.69) is 54.4 Å². The lowest BCUT2D eigenvalue weighted by molar-refractivity contribution is 0.0113. The van der Waals surface area contributed by atoms with Crippen LogP contribution in [0.5, 0.6) is 0 Å². The molecule has 1 aliphatic heterocycles. The molecule has 0 aliphatic carbocycles. The summed E-state index contributed by atoms with van der Waals surface area (Å²) in [6.45, 7) is 6.47. The molecular weight excluding hydrogens is 248 g/mol. The maximum atomic E-state index is 9.85. The molecule has 2 rings (SSSR count). The summed E-state index contributed by atoms with van der Waals surface area (Å²) in [7, 11) is 0. The Balaban J connectivity index is 1.73. The average Bonchev–Trinajstić information content (AvgIpc) is 2.44. The van der Waals surface area contributed by atoms with Gasteiger partial charge in [-0.3, -0.25) is 4.90 Å². The summed E-state index contributed by atoms with van der Waals surface area (Å²) < 4.78 is 0. The first kappa shape index (κ1) is 15.5. The number of piperidine rings is 1. The molecule has 1 heterocycles. The predicted octanol–water partition coefficient (Wildman–Crippen LogP) is 2.40. The lowest BCUT2D eigenvalue weighted by Crippen LogP contribution is -2.54. The molecule has 1 fully saturated rings. The highest BCUT2D eigenvalue weighted by Crippen LogP contribution is 2.18. The predicted molar refractivity (Wildman–Crippen MR) is 83.6 cm³/mol. The number of nitrogens with zero attached hydrogens (tertiary/aromatic N) is 1. The lowest BCUT2D eigenvalue weighted by Gasteiger charge is -2.41. The first-order valence-corrected chi connectivity index (χ1v) is 7.88. The Kier molecular flexibility index (Phi) is 6.02. The van der Waals surface area contributed by atoms with Crippen molar-refractivity contribution in [2.24, 2.45) is 0 Å². The van der Waals surface area contributed by atoms with Gasteiger partial charge in [-0.05, 0) is 45.2 Å². The molecule has 0 radical (unpaired) electrons. The van der Waals surface area contributed by atoms with Crippen LogP contribution in [0.15, 0.2) is 30.3 Å². The van der Waals surface area contributed by atoms with Crippen molar-refractivity contribution in [2.45, 2.75) is 57.8 Å². The molecule has 3 nitrogen and oxygen atoms in total. The number of hydrogen-bond acceptors (Lipinski definition) is 3. The molecule has 0 bridgehead atoms. The third-order valence-electron chi connectivity index (χ3n) is 4.14. The Morgan fingerprint density at radius 1 is 1.30 bits per heavy atom. The molecule has 2 unspecified atom stereocenters. The smallest absolute Gasteiger partial charge is 0.0624 e. The zero-order valence-electron chi connectivity index (χ0n) is 12.8. The molecule has 1 aliphatic rings. The third-order valence-corrected chi connectivity index (χ3v) is 4.14. The summed E-state index contributed by atoms with van der Waals surface area (Å²) >= 11 is 0. The molecule has 3 heteroatoms. The molecule has 2 atom stereocenters. The van der Waals surface area contributed by atoms with Gasteiger partial charge >= 0.3 is 0 Å². The van der Waals surface area contributed by atoms with E-state index in [-0.39, 0.29) is 6.10 Å². The fraction of sp³-hybridized carbons (Fsp3) is 0.647. The largest absolute Gasteiger partial charge is 0.393 e. The van der Waals surface area contributed by atoms with Gasteiger partial charge in [0.15, 0.2) is 0 Å². The van der Waals surface area contributed by atoms with Gasteiger partial charge in [0.1, 0.15) is 0 Å². The van der Waals surface area contributed by atoms with Crippen molar-refractivity contribution in [3.8, 4) is 0 Å². The standard InChI is InChI=1S/C17H28N2O/c1-14(2)19-12-10-16(20)13-17(19)18-11-6-9-15-7-4-3-5-8-15/h3-5,7-8,14,16-18,20H,6,9-13H2,1-2H3. The van der Waals surface area contributed by atoms with Gasteiger partial charge in [0, 0.05) is 19.0 Å². The van der Waals surface area contributed by atoms with Crippen molar-refractivity contribution in [1.29, 1.82) is 0 Å². The number of rotatable bonds is 6. The van der Waals surface area contributed by atoms with Gasteiger partial charge in [0.2, 0.25) is 0 Å². The minimum atomic E-state index is -0.142. The van der Waals surface area contributed by atoms with Crippen molar-refractivity contribution in [1.82, 2.24) is 10.2 Å². The fourth-order valence-electron chi connectivity index (χ4n) is 2.99. The molecule has 1 saturated heterocycles. The van der Waals surface area contributed by atoms with E-state index in [1.807, 2.05) is 0 Å². The first-order chi connectivity index (χ1) is 9.66. The van der Waals surface area contributed by atoms with Crippen molar-refractivity contribution in [3.05, 3.63) is 35.9 Å². The van der Waals surface area contributed by atoms with Gasteiger partial charge < -0.3 is 10.4 Å². The van der Waals surface area contributed by atoms with Gasteiger partial charge in [0.05, 0.1) is 12.3 Å². The number of benzene rings is 1.